The molecule has 0 unspecified atom stereocenters. The molecule has 7 heteroatoms. The Balaban J connectivity index is 1.85. The average molecular weight is 540 g/mol. The SMILES string of the molecule is CCOc1cc(/C=C(\C#N)C(=O)Nc2cc(C)cc(C)c2)c(Br)cc1OCc1ccc(Cl)cc1. The van der Waals surface area contributed by atoms with Gasteiger partial charge in [0, 0.05) is 15.2 Å². The molecule has 0 radical (unpaired) electrons. The maximum absolute atomic E-state index is 12.8. The van der Waals surface area contributed by atoms with Crippen molar-refractivity contribution in [1.82, 2.24) is 0 Å². The molecule has 0 saturated carbocycles. The van der Waals surface area contributed by atoms with Gasteiger partial charge in [0.15, 0.2) is 11.5 Å². The van der Waals surface area contributed by atoms with Crippen molar-refractivity contribution in [3.05, 3.63) is 91.9 Å². The van der Waals surface area contributed by atoms with Gasteiger partial charge >= 0.3 is 0 Å². The first-order valence-corrected chi connectivity index (χ1v) is 11.8. The van der Waals surface area contributed by atoms with Crippen LogP contribution in [0.4, 0.5) is 5.69 Å². The number of hydrogen-bond acceptors (Lipinski definition) is 4. The van der Waals surface area contributed by atoms with E-state index < -0.39 is 5.91 Å². The molecule has 3 aromatic carbocycles. The van der Waals surface area contributed by atoms with Gasteiger partial charge in [-0.25, -0.2) is 0 Å². The van der Waals surface area contributed by atoms with E-state index in [4.69, 9.17) is 21.1 Å². The van der Waals surface area contributed by atoms with Gasteiger partial charge < -0.3 is 14.8 Å². The molecule has 0 aliphatic heterocycles. The second-order valence-electron chi connectivity index (χ2n) is 7.67. The maximum Gasteiger partial charge on any atom is 0.266 e. The van der Waals surface area contributed by atoms with E-state index in [1.807, 2.05) is 57.2 Å². The minimum atomic E-state index is -0.486. The largest absolute Gasteiger partial charge is 0.490 e. The van der Waals surface area contributed by atoms with Crippen LogP contribution in [0.5, 0.6) is 11.5 Å². The van der Waals surface area contributed by atoms with E-state index in [1.54, 1.807) is 24.3 Å². The van der Waals surface area contributed by atoms with Crippen LogP contribution in [0.25, 0.3) is 6.08 Å². The first kappa shape index (κ1) is 25.4. The fourth-order valence-electron chi connectivity index (χ4n) is 3.33. The molecule has 3 aromatic rings. The molecule has 0 fully saturated rings. The van der Waals surface area contributed by atoms with E-state index in [-0.39, 0.29) is 5.57 Å². The second-order valence-corrected chi connectivity index (χ2v) is 8.96. The van der Waals surface area contributed by atoms with Crippen LogP contribution in [0.2, 0.25) is 5.02 Å². The molecular formula is C27H24BrClN2O3. The van der Waals surface area contributed by atoms with Gasteiger partial charge in [-0.15, -0.1) is 0 Å². The molecule has 5 nitrogen and oxygen atoms in total. The molecular weight excluding hydrogens is 516 g/mol. The molecule has 3 rings (SSSR count). The number of benzene rings is 3. The molecule has 0 heterocycles. The van der Waals surface area contributed by atoms with Gasteiger partial charge in [-0.2, -0.15) is 5.26 Å². The molecule has 0 aliphatic rings. The van der Waals surface area contributed by atoms with Crippen molar-refractivity contribution in [3.8, 4) is 17.6 Å². The lowest BCUT2D eigenvalue weighted by atomic mass is 10.1. The predicted octanol–water partition coefficient (Wildman–Crippen LogP) is 7.24. The second kappa shape index (κ2) is 11.7. The zero-order chi connectivity index (χ0) is 24.7. The summed E-state index contributed by atoms with van der Waals surface area (Å²) >= 11 is 9.47. The fraction of sp³-hybridized carbons (Fsp3) is 0.185. The number of halogens is 2. The first-order chi connectivity index (χ1) is 16.3. The van der Waals surface area contributed by atoms with Gasteiger partial charge in [0.2, 0.25) is 0 Å². The number of aryl methyl sites for hydroxylation is 2. The molecule has 0 spiro atoms. The molecule has 34 heavy (non-hydrogen) atoms. The number of carbonyl (C=O) groups excluding carboxylic acids is 1. The highest BCUT2D eigenvalue weighted by Crippen LogP contribution is 2.35. The summed E-state index contributed by atoms with van der Waals surface area (Å²) in [6.07, 6.45) is 1.52. The van der Waals surface area contributed by atoms with Crippen molar-refractivity contribution in [2.75, 3.05) is 11.9 Å². The van der Waals surface area contributed by atoms with Crippen LogP contribution in [-0.4, -0.2) is 12.5 Å². The van der Waals surface area contributed by atoms with Gasteiger partial charge in [0.05, 0.1) is 6.61 Å². The van der Waals surface area contributed by atoms with Crippen LogP contribution >= 0.6 is 27.5 Å². The number of nitriles is 1. The smallest absolute Gasteiger partial charge is 0.266 e. The van der Waals surface area contributed by atoms with Crippen LogP contribution in [0.15, 0.2) is 64.6 Å². The third-order valence-electron chi connectivity index (χ3n) is 4.81. The monoisotopic (exact) mass is 538 g/mol. The van der Waals surface area contributed by atoms with Crippen molar-refractivity contribution >= 4 is 45.2 Å². The zero-order valence-corrected chi connectivity index (χ0v) is 21.5. The maximum atomic E-state index is 12.8. The lowest BCUT2D eigenvalue weighted by Crippen LogP contribution is -2.13. The van der Waals surface area contributed by atoms with Crippen molar-refractivity contribution in [2.45, 2.75) is 27.4 Å². The standard InChI is InChI=1S/C27H24BrClN2O3/c1-4-33-25-13-20(24(28)14-26(25)34-16-19-5-7-22(29)8-6-19)12-21(15-30)27(32)31-23-10-17(2)9-18(3)11-23/h5-14H,4,16H2,1-3H3,(H,31,32)/b21-12+. The van der Waals surface area contributed by atoms with Crippen LogP contribution in [0, 0.1) is 25.2 Å². The predicted molar refractivity (Wildman–Crippen MR) is 139 cm³/mol. The number of carbonyl (C=O) groups is 1. The molecule has 0 atom stereocenters. The number of hydrogen-bond donors (Lipinski definition) is 1. The van der Waals surface area contributed by atoms with Crippen LogP contribution in [0.1, 0.15) is 29.2 Å². The van der Waals surface area contributed by atoms with Gasteiger partial charge in [0.1, 0.15) is 18.2 Å². The van der Waals surface area contributed by atoms with Crippen LogP contribution < -0.4 is 14.8 Å². The van der Waals surface area contributed by atoms with Crippen LogP contribution in [-0.2, 0) is 11.4 Å². The first-order valence-electron chi connectivity index (χ1n) is 10.6. The topological polar surface area (TPSA) is 71.3 Å². The number of nitrogens with one attached hydrogen (secondary N) is 1. The van der Waals surface area contributed by atoms with E-state index in [0.29, 0.717) is 45.5 Å². The lowest BCUT2D eigenvalue weighted by Gasteiger charge is -2.14. The summed E-state index contributed by atoms with van der Waals surface area (Å²) in [6, 6.07) is 18.6. The molecule has 0 saturated heterocycles. The number of rotatable bonds is 8. The molecule has 0 aliphatic carbocycles. The van der Waals surface area contributed by atoms with Crippen molar-refractivity contribution < 1.29 is 14.3 Å². The minimum Gasteiger partial charge on any atom is -0.490 e. The fourth-order valence-corrected chi connectivity index (χ4v) is 3.90. The van der Waals surface area contributed by atoms with Crippen molar-refractivity contribution in [1.29, 1.82) is 5.26 Å². The summed E-state index contributed by atoms with van der Waals surface area (Å²) < 4.78 is 12.4. The average Bonchev–Trinajstić information content (AvgIpc) is 2.78. The van der Waals surface area contributed by atoms with E-state index in [2.05, 4.69) is 21.2 Å². The van der Waals surface area contributed by atoms with Gasteiger partial charge in [-0.05, 0) is 85.5 Å². The van der Waals surface area contributed by atoms with Crippen LogP contribution in [0.3, 0.4) is 0 Å². The van der Waals surface area contributed by atoms with Gasteiger partial charge in [0.25, 0.3) is 5.91 Å². The van der Waals surface area contributed by atoms with Crippen molar-refractivity contribution in [2.24, 2.45) is 0 Å². The van der Waals surface area contributed by atoms with E-state index in [0.717, 1.165) is 16.7 Å². The number of ether oxygens (including phenoxy) is 2. The summed E-state index contributed by atoms with van der Waals surface area (Å²) in [4.78, 5) is 12.8. The Morgan fingerprint density at radius 3 is 2.32 bits per heavy atom. The Kier molecular flexibility index (Phi) is 8.75. The highest BCUT2D eigenvalue weighted by molar-refractivity contribution is 9.10. The zero-order valence-electron chi connectivity index (χ0n) is 19.1. The summed E-state index contributed by atoms with van der Waals surface area (Å²) in [5, 5.41) is 13.1. The highest BCUT2D eigenvalue weighted by atomic mass is 79.9. The molecule has 0 aromatic heterocycles. The number of anilines is 1. The Morgan fingerprint density at radius 1 is 1.06 bits per heavy atom. The summed E-state index contributed by atoms with van der Waals surface area (Å²) in [5.74, 6) is 0.567. The minimum absolute atomic E-state index is 0.0304. The Morgan fingerprint density at radius 2 is 1.71 bits per heavy atom. The quantitative estimate of drug-likeness (QED) is 0.242. The highest BCUT2D eigenvalue weighted by Gasteiger charge is 2.15. The number of nitrogens with zero attached hydrogens (tertiary/aromatic N) is 1. The third-order valence-corrected chi connectivity index (χ3v) is 5.75. The molecule has 1 N–H and O–H groups in total. The van der Waals surface area contributed by atoms with E-state index >= 15 is 0 Å². The summed E-state index contributed by atoms with van der Waals surface area (Å²) in [7, 11) is 0. The Bertz CT molecular complexity index is 1240. The Labute approximate surface area is 213 Å². The van der Waals surface area contributed by atoms with E-state index in [9.17, 15) is 10.1 Å². The summed E-state index contributed by atoms with van der Waals surface area (Å²) in [5.41, 5.74) is 4.24. The summed E-state index contributed by atoms with van der Waals surface area (Å²) in [6.45, 7) is 6.54. The molecule has 0 bridgehead atoms. The van der Waals surface area contributed by atoms with E-state index in [1.165, 1.54) is 6.08 Å². The van der Waals surface area contributed by atoms with Gasteiger partial charge in [-0.1, -0.05) is 45.7 Å². The molecule has 1 amide bonds. The normalized spacial score (nSPS) is 11.0. The lowest BCUT2D eigenvalue weighted by molar-refractivity contribution is -0.112. The number of amides is 1. The Hall–Kier alpha value is -3.27. The third kappa shape index (κ3) is 6.86. The van der Waals surface area contributed by atoms with Gasteiger partial charge in [-0.3, -0.25) is 4.79 Å². The van der Waals surface area contributed by atoms with Crippen molar-refractivity contribution in [3.63, 3.8) is 0 Å². The molecule has 174 valence electrons.